The Morgan fingerprint density at radius 2 is 2.30 bits per heavy atom. The van der Waals surface area contributed by atoms with Gasteiger partial charge in [0, 0.05) is 0 Å². The van der Waals surface area contributed by atoms with Gasteiger partial charge < -0.3 is 0 Å². The average Bonchev–Trinajstić information content (AvgIpc) is 1.85. The van der Waals surface area contributed by atoms with Crippen LogP contribution in [-0.4, -0.2) is 4.98 Å². The molecule has 0 bridgehead atoms. The Hall–Kier alpha value is -1.18. The van der Waals surface area contributed by atoms with Crippen molar-refractivity contribution in [1.29, 1.82) is 0 Å². The van der Waals surface area contributed by atoms with E-state index < -0.39 is 5.95 Å². The fourth-order valence-electron chi connectivity index (χ4n) is 0.755. The van der Waals surface area contributed by atoms with Gasteiger partial charge in [0.1, 0.15) is 0 Å². The molecule has 0 saturated heterocycles. The van der Waals surface area contributed by atoms with Gasteiger partial charge in [-0.05, 0) is 30.7 Å². The third-order valence-corrected chi connectivity index (χ3v) is 1.17. The van der Waals surface area contributed by atoms with Crippen LogP contribution in [0.2, 0.25) is 0 Å². The molecule has 52 valence electrons. The first-order valence-electron chi connectivity index (χ1n) is 2.99. The molecule has 0 N–H and O–H groups in total. The van der Waals surface area contributed by atoms with E-state index in [1.165, 1.54) is 12.1 Å². The summed E-state index contributed by atoms with van der Waals surface area (Å²) < 4.78 is 12.5. The quantitative estimate of drug-likeness (QED) is 0.540. The second kappa shape index (κ2) is 2.60. The van der Waals surface area contributed by atoms with Crippen LogP contribution in [0.15, 0.2) is 18.7 Å². The lowest BCUT2D eigenvalue weighted by molar-refractivity contribution is 0.581. The predicted molar refractivity (Wildman–Crippen MR) is 39.0 cm³/mol. The van der Waals surface area contributed by atoms with Gasteiger partial charge in [-0.3, -0.25) is 0 Å². The number of rotatable bonds is 1. The van der Waals surface area contributed by atoms with Crippen molar-refractivity contribution < 1.29 is 4.39 Å². The molecule has 2 heteroatoms. The minimum absolute atomic E-state index is 0.449. The zero-order valence-corrected chi connectivity index (χ0v) is 5.76. The summed E-state index contributed by atoms with van der Waals surface area (Å²) >= 11 is 0. The van der Waals surface area contributed by atoms with Crippen molar-refractivity contribution in [3.8, 4) is 0 Å². The van der Waals surface area contributed by atoms with Crippen LogP contribution in [0, 0.1) is 12.9 Å². The van der Waals surface area contributed by atoms with Crippen molar-refractivity contribution in [3.05, 3.63) is 35.9 Å². The highest BCUT2D eigenvalue weighted by Crippen LogP contribution is 2.03. The topological polar surface area (TPSA) is 12.9 Å². The largest absolute Gasteiger partial charge is 0.220 e. The number of halogens is 1. The first kappa shape index (κ1) is 6.93. The molecule has 0 saturated carbocycles. The molecule has 10 heavy (non-hydrogen) atoms. The molecule has 0 spiro atoms. The maximum Gasteiger partial charge on any atom is 0.213 e. The van der Waals surface area contributed by atoms with E-state index in [1.54, 1.807) is 6.07 Å². The van der Waals surface area contributed by atoms with E-state index in [-0.39, 0.29) is 0 Å². The molecule has 1 rings (SSSR count). The van der Waals surface area contributed by atoms with Crippen LogP contribution in [0.4, 0.5) is 4.39 Å². The van der Waals surface area contributed by atoms with Crippen LogP contribution < -0.4 is 0 Å². The number of pyridine rings is 1. The zero-order chi connectivity index (χ0) is 7.56. The molecule has 0 amide bonds. The Bertz CT molecular complexity index is 235. The molecule has 0 aliphatic carbocycles. The van der Waals surface area contributed by atoms with E-state index in [2.05, 4.69) is 11.6 Å². The minimum Gasteiger partial charge on any atom is -0.220 e. The summed E-state index contributed by atoms with van der Waals surface area (Å²) in [6.45, 7) is 5.30. The van der Waals surface area contributed by atoms with E-state index >= 15 is 0 Å². The summed E-state index contributed by atoms with van der Waals surface area (Å²) in [6, 6.07) is 3.16. The first-order chi connectivity index (χ1) is 4.72. The Balaban J connectivity index is 3.18. The number of aryl methyl sites for hydroxylation is 1. The lowest BCUT2D eigenvalue weighted by atomic mass is 10.2. The van der Waals surface area contributed by atoms with E-state index in [0.29, 0.717) is 5.69 Å². The van der Waals surface area contributed by atoms with Gasteiger partial charge in [0.05, 0.1) is 5.69 Å². The van der Waals surface area contributed by atoms with Gasteiger partial charge in [0.25, 0.3) is 0 Å². The van der Waals surface area contributed by atoms with Crippen molar-refractivity contribution >= 4 is 6.08 Å². The van der Waals surface area contributed by atoms with Crippen molar-refractivity contribution in [1.82, 2.24) is 4.98 Å². The third-order valence-electron chi connectivity index (χ3n) is 1.17. The van der Waals surface area contributed by atoms with Crippen LogP contribution in [0.5, 0.6) is 0 Å². The number of nitrogens with zero attached hydrogens (tertiary/aromatic N) is 1. The molecular formula is C8H8FN. The van der Waals surface area contributed by atoms with Crippen molar-refractivity contribution in [2.24, 2.45) is 0 Å². The minimum atomic E-state index is -0.449. The Kier molecular flexibility index (Phi) is 1.81. The Morgan fingerprint density at radius 3 is 2.80 bits per heavy atom. The molecule has 0 radical (unpaired) electrons. The second-order valence-electron chi connectivity index (χ2n) is 2.10. The predicted octanol–water partition coefficient (Wildman–Crippen LogP) is 2.17. The molecule has 0 fully saturated rings. The highest BCUT2D eigenvalue weighted by atomic mass is 19.1. The summed E-state index contributed by atoms with van der Waals surface area (Å²) in [5.74, 6) is -0.449. The van der Waals surface area contributed by atoms with Crippen LogP contribution in [-0.2, 0) is 0 Å². The number of hydrogen-bond acceptors (Lipinski definition) is 1. The summed E-state index contributed by atoms with van der Waals surface area (Å²) in [5.41, 5.74) is 1.44. The lowest BCUT2D eigenvalue weighted by Gasteiger charge is -1.94. The van der Waals surface area contributed by atoms with Gasteiger partial charge in [0.2, 0.25) is 5.95 Å². The maximum absolute atomic E-state index is 12.5. The van der Waals surface area contributed by atoms with Gasteiger partial charge in [-0.15, -0.1) is 0 Å². The van der Waals surface area contributed by atoms with Gasteiger partial charge in [-0.2, -0.15) is 4.39 Å². The lowest BCUT2D eigenvalue weighted by Crippen LogP contribution is -1.87. The normalized spacial score (nSPS) is 9.40. The van der Waals surface area contributed by atoms with E-state index in [4.69, 9.17) is 0 Å². The van der Waals surface area contributed by atoms with Gasteiger partial charge in [-0.25, -0.2) is 4.98 Å². The first-order valence-corrected chi connectivity index (χ1v) is 2.99. The Labute approximate surface area is 59.2 Å². The van der Waals surface area contributed by atoms with Gasteiger partial charge in [0.15, 0.2) is 0 Å². The molecule has 1 aromatic heterocycles. The van der Waals surface area contributed by atoms with Crippen molar-refractivity contribution in [2.75, 3.05) is 0 Å². The smallest absolute Gasteiger partial charge is 0.213 e. The number of aromatic nitrogens is 1. The summed E-state index contributed by atoms with van der Waals surface area (Å²) in [4.78, 5) is 3.57. The molecule has 0 unspecified atom stereocenters. The molecule has 1 aromatic rings. The molecule has 0 aliphatic heterocycles. The Morgan fingerprint density at radius 1 is 1.60 bits per heavy atom. The zero-order valence-electron chi connectivity index (χ0n) is 5.76. The molecular weight excluding hydrogens is 129 g/mol. The summed E-state index contributed by atoms with van der Waals surface area (Å²) in [6.07, 6.45) is 1.52. The molecule has 0 aliphatic rings. The second-order valence-corrected chi connectivity index (χ2v) is 2.10. The highest BCUT2D eigenvalue weighted by molar-refractivity contribution is 5.42. The molecule has 1 nitrogen and oxygen atoms in total. The van der Waals surface area contributed by atoms with Crippen LogP contribution >= 0.6 is 0 Å². The van der Waals surface area contributed by atoms with Crippen LogP contribution in [0.1, 0.15) is 11.3 Å². The SMILES string of the molecule is C=Cc1cc(C)cc(F)n1. The van der Waals surface area contributed by atoms with E-state index in [1.807, 2.05) is 6.92 Å². The number of hydrogen-bond donors (Lipinski definition) is 0. The third kappa shape index (κ3) is 1.41. The fourth-order valence-corrected chi connectivity index (χ4v) is 0.755. The summed E-state index contributed by atoms with van der Waals surface area (Å²) in [5, 5.41) is 0. The monoisotopic (exact) mass is 137 g/mol. The standard InChI is InChI=1S/C8H8FN/c1-3-7-4-6(2)5-8(9)10-7/h3-5H,1H2,2H3. The van der Waals surface area contributed by atoms with Crippen LogP contribution in [0.25, 0.3) is 6.08 Å². The van der Waals surface area contributed by atoms with Gasteiger partial charge in [-0.1, -0.05) is 6.58 Å². The van der Waals surface area contributed by atoms with E-state index in [0.717, 1.165) is 5.56 Å². The summed E-state index contributed by atoms with van der Waals surface area (Å²) in [7, 11) is 0. The molecule has 0 atom stereocenters. The fraction of sp³-hybridized carbons (Fsp3) is 0.125. The highest BCUT2D eigenvalue weighted by Gasteiger charge is 1.93. The van der Waals surface area contributed by atoms with Crippen molar-refractivity contribution in [3.63, 3.8) is 0 Å². The van der Waals surface area contributed by atoms with E-state index in [9.17, 15) is 4.39 Å². The van der Waals surface area contributed by atoms with Crippen LogP contribution in [0.3, 0.4) is 0 Å². The maximum atomic E-state index is 12.5. The molecule has 1 heterocycles. The van der Waals surface area contributed by atoms with Crippen molar-refractivity contribution in [2.45, 2.75) is 6.92 Å². The average molecular weight is 137 g/mol. The van der Waals surface area contributed by atoms with Gasteiger partial charge >= 0.3 is 0 Å². The molecule has 0 aromatic carbocycles.